The summed E-state index contributed by atoms with van der Waals surface area (Å²) in [5, 5.41) is 3.66. The van der Waals surface area contributed by atoms with Crippen LogP contribution in [0.2, 0.25) is 5.02 Å². The Kier molecular flexibility index (Phi) is 8.60. The first-order valence-corrected chi connectivity index (χ1v) is 11.2. The number of halogens is 1. The van der Waals surface area contributed by atoms with Crippen molar-refractivity contribution in [2.24, 2.45) is 0 Å². The molecule has 0 saturated heterocycles. The summed E-state index contributed by atoms with van der Waals surface area (Å²) in [6.07, 6.45) is 0. The Hall–Kier alpha value is -1.98. The minimum atomic E-state index is -0.561. The molecule has 29 heavy (non-hydrogen) atoms. The molecule has 0 aliphatic heterocycles. The predicted octanol–water partition coefficient (Wildman–Crippen LogP) is 4.91. The van der Waals surface area contributed by atoms with Crippen molar-refractivity contribution in [2.45, 2.75) is 51.6 Å². The van der Waals surface area contributed by atoms with Crippen LogP contribution < -0.4 is 5.32 Å². The maximum absolute atomic E-state index is 13.0. The molecule has 0 heterocycles. The molecule has 1 atom stereocenters. The van der Waals surface area contributed by atoms with E-state index in [1.807, 2.05) is 75.4 Å². The van der Waals surface area contributed by atoms with Gasteiger partial charge in [0.2, 0.25) is 11.8 Å². The zero-order chi connectivity index (χ0) is 21.4. The first-order chi connectivity index (χ1) is 13.7. The van der Waals surface area contributed by atoms with Crippen molar-refractivity contribution in [3.8, 4) is 0 Å². The van der Waals surface area contributed by atoms with Gasteiger partial charge >= 0.3 is 0 Å². The Balaban J connectivity index is 2.06. The lowest BCUT2D eigenvalue weighted by Crippen LogP contribution is -2.52. The van der Waals surface area contributed by atoms with Crippen molar-refractivity contribution in [3.05, 3.63) is 70.7 Å². The Labute approximate surface area is 183 Å². The summed E-state index contributed by atoms with van der Waals surface area (Å²) >= 11 is 7.55. The molecule has 2 amide bonds. The molecular weight excluding hydrogens is 404 g/mol. The average molecular weight is 433 g/mol. The number of nitrogens with one attached hydrogen (secondary N) is 1. The lowest BCUT2D eigenvalue weighted by Gasteiger charge is -2.31. The van der Waals surface area contributed by atoms with Crippen molar-refractivity contribution in [1.82, 2.24) is 10.2 Å². The van der Waals surface area contributed by atoms with Crippen molar-refractivity contribution in [2.75, 3.05) is 5.75 Å². The van der Waals surface area contributed by atoms with Gasteiger partial charge in [0.1, 0.15) is 6.04 Å². The number of thioether (sulfide) groups is 1. The summed E-state index contributed by atoms with van der Waals surface area (Å²) in [6.45, 7) is 7.98. The SMILES string of the molecule is C[C@H](C(=O)NC(C)(C)C)N(Cc1ccccc1)C(=O)CSCc1cccc(Cl)c1. The van der Waals surface area contributed by atoms with Crippen molar-refractivity contribution >= 4 is 35.2 Å². The second-order valence-electron chi connectivity index (χ2n) is 8.05. The highest BCUT2D eigenvalue weighted by molar-refractivity contribution is 7.99. The molecule has 0 unspecified atom stereocenters. The average Bonchev–Trinajstić information content (AvgIpc) is 2.65. The monoisotopic (exact) mass is 432 g/mol. The van der Waals surface area contributed by atoms with Crippen molar-refractivity contribution < 1.29 is 9.59 Å². The third-order valence-corrected chi connectivity index (χ3v) is 5.47. The highest BCUT2D eigenvalue weighted by Crippen LogP contribution is 2.18. The number of carbonyl (C=O) groups excluding carboxylic acids is 2. The molecule has 0 aliphatic carbocycles. The quantitative estimate of drug-likeness (QED) is 0.645. The second kappa shape index (κ2) is 10.7. The molecule has 1 N–H and O–H groups in total. The fourth-order valence-corrected chi connectivity index (χ4v) is 3.87. The Morgan fingerprint density at radius 3 is 2.34 bits per heavy atom. The molecular formula is C23H29ClN2O2S. The number of hydrogen-bond donors (Lipinski definition) is 1. The van der Waals surface area contributed by atoms with E-state index >= 15 is 0 Å². The Morgan fingerprint density at radius 1 is 1.07 bits per heavy atom. The van der Waals surface area contributed by atoms with Crippen molar-refractivity contribution in [3.63, 3.8) is 0 Å². The highest BCUT2D eigenvalue weighted by atomic mass is 35.5. The van der Waals surface area contributed by atoms with Gasteiger partial charge < -0.3 is 10.2 Å². The van der Waals surface area contributed by atoms with E-state index in [1.54, 1.807) is 11.8 Å². The summed E-state index contributed by atoms with van der Waals surface area (Å²) in [6, 6.07) is 16.8. The van der Waals surface area contributed by atoms with Crippen LogP contribution in [0.15, 0.2) is 54.6 Å². The van der Waals surface area contributed by atoms with Crippen LogP contribution in [0.3, 0.4) is 0 Å². The summed E-state index contributed by atoms with van der Waals surface area (Å²) in [5.41, 5.74) is 1.72. The number of amides is 2. The van der Waals surface area contributed by atoms with E-state index in [1.165, 1.54) is 11.8 Å². The maximum Gasteiger partial charge on any atom is 0.242 e. The molecule has 0 bridgehead atoms. The topological polar surface area (TPSA) is 49.4 Å². The van der Waals surface area contributed by atoms with Gasteiger partial charge in [-0.25, -0.2) is 0 Å². The molecule has 0 aliphatic rings. The third kappa shape index (κ3) is 8.11. The first-order valence-electron chi connectivity index (χ1n) is 9.63. The van der Waals surface area contributed by atoms with Crippen LogP contribution in [0.5, 0.6) is 0 Å². The number of rotatable bonds is 8. The van der Waals surface area contributed by atoms with Crippen LogP contribution in [0.1, 0.15) is 38.8 Å². The fraction of sp³-hybridized carbons (Fsp3) is 0.391. The van der Waals surface area contributed by atoms with Crippen LogP contribution in [0.4, 0.5) is 0 Å². The number of carbonyl (C=O) groups is 2. The molecule has 0 fully saturated rings. The van der Waals surface area contributed by atoms with Crippen LogP contribution in [-0.4, -0.2) is 34.0 Å². The molecule has 4 nitrogen and oxygen atoms in total. The Morgan fingerprint density at radius 2 is 1.72 bits per heavy atom. The largest absolute Gasteiger partial charge is 0.350 e. The zero-order valence-electron chi connectivity index (χ0n) is 17.4. The molecule has 0 aromatic heterocycles. The van der Waals surface area contributed by atoms with E-state index in [0.29, 0.717) is 23.1 Å². The Bertz CT molecular complexity index is 821. The van der Waals surface area contributed by atoms with E-state index < -0.39 is 6.04 Å². The molecule has 0 radical (unpaired) electrons. The van der Waals surface area contributed by atoms with Gasteiger partial charge in [0, 0.05) is 22.9 Å². The number of hydrogen-bond acceptors (Lipinski definition) is 3. The van der Waals surface area contributed by atoms with E-state index in [-0.39, 0.29) is 17.4 Å². The summed E-state index contributed by atoms with van der Waals surface area (Å²) in [5.74, 6) is 0.777. The lowest BCUT2D eigenvalue weighted by molar-refractivity contribution is -0.139. The second-order valence-corrected chi connectivity index (χ2v) is 9.47. The van der Waals surface area contributed by atoms with Gasteiger partial charge in [-0.1, -0.05) is 54.1 Å². The molecule has 2 aromatic carbocycles. The van der Waals surface area contributed by atoms with Crippen molar-refractivity contribution in [1.29, 1.82) is 0 Å². The molecule has 0 spiro atoms. The smallest absolute Gasteiger partial charge is 0.242 e. The minimum absolute atomic E-state index is 0.0579. The molecule has 0 saturated carbocycles. The van der Waals surface area contributed by atoms with Crippen LogP contribution >= 0.6 is 23.4 Å². The zero-order valence-corrected chi connectivity index (χ0v) is 19.0. The third-order valence-electron chi connectivity index (χ3n) is 4.24. The maximum atomic E-state index is 13.0. The van der Waals surface area contributed by atoms with Gasteiger partial charge in [-0.05, 0) is 51.0 Å². The van der Waals surface area contributed by atoms with Gasteiger partial charge in [-0.3, -0.25) is 9.59 Å². The molecule has 2 rings (SSSR count). The summed E-state index contributed by atoms with van der Waals surface area (Å²) in [4.78, 5) is 27.4. The molecule has 156 valence electrons. The van der Waals surface area contributed by atoms with E-state index in [2.05, 4.69) is 5.32 Å². The lowest BCUT2D eigenvalue weighted by atomic mass is 10.1. The van der Waals surface area contributed by atoms with Gasteiger partial charge in [-0.15, -0.1) is 11.8 Å². The van der Waals surface area contributed by atoms with Gasteiger partial charge in [0.05, 0.1) is 5.75 Å². The fourth-order valence-electron chi connectivity index (χ4n) is 2.80. The van der Waals surface area contributed by atoms with Crippen LogP contribution in [0, 0.1) is 0 Å². The standard InChI is InChI=1S/C23H29ClN2O2S/c1-17(22(28)25-23(2,3)4)26(14-18-9-6-5-7-10-18)21(27)16-29-15-19-11-8-12-20(24)13-19/h5-13,17H,14-16H2,1-4H3,(H,25,28)/t17-/m1/s1. The molecule has 2 aromatic rings. The number of nitrogens with zero attached hydrogens (tertiary/aromatic N) is 1. The van der Waals surface area contributed by atoms with Gasteiger partial charge in [0.15, 0.2) is 0 Å². The molecule has 6 heteroatoms. The summed E-state index contributed by atoms with van der Waals surface area (Å²) < 4.78 is 0. The van der Waals surface area contributed by atoms with Gasteiger partial charge in [-0.2, -0.15) is 0 Å². The normalized spacial score (nSPS) is 12.3. The van der Waals surface area contributed by atoms with E-state index in [0.717, 1.165) is 11.1 Å². The number of benzene rings is 2. The highest BCUT2D eigenvalue weighted by Gasteiger charge is 2.28. The summed E-state index contributed by atoms with van der Waals surface area (Å²) in [7, 11) is 0. The first kappa shape index (κ1) is 23.3. The van der Waals surface area contributed by atoms with Crippen LogP contribution in [-0.2, 0) is 21.9 Å². The van der Waals surface area contributed by atoms with Crippen LogP contribution in [0.25, 0.3) is 0 Å². The minimum Gasteiger partial charge on any atom is -0.350 e. The van der Waals surface area contributed by atoms with E-state index in [4.69, 9.17) is 11.6 Å². The predicted molar refractivity (Wildman–Crippen MR) is 122 cm³/mol. The van der Waals surface area contributed by atoms with E-state index in [9.17, 15) is 9.59 Å². The van der Waals surface area contributed by atoms with Gasteiger partial charge in [0.25, 0.3) is 0 Å².